The molecule has 1 aromatic carbocycles. The van der Waals surface area contributed by atoms with Gasteiger partial charge in [0, 0.05) is 0 Å². The van der Waals surface area contributed by atoms with Gasteiger partial charge in [-0.15, -0.1) is 5.10 Å². The zero-order valence-electron chi connectivity index (χ0n) is 10.9. The number of thiocarbonyl (C=S) groups is 1. The number of nitrogens with one attached hydrogen (secondary N) is 1. The third-order valence-corrected chi connectivity index (χ3v) is 3.43. The summed E-state index contributed by atoms with van der Waals surface area (Å²) >= 11 is 11.0. The molecule has 0 atom stereocenters. The monoisotopic (exact) mass is 310 g/mol. The molecule has 0 unspecified atom stereocenters. The molecule has 0 bridgehead atoms. The van der Waals surface area contributed by atoms with Gasteiger partial charge in [-0.2, -0.15) is 5.10 Å². The second-order valence-electron chi connectivity index (χ2n) is 4.22. The number of rotatable bonds is 3. The van der Waals surface area contributed by atoms with Crippen LogP contribution in [0.15, 0.2) is 18.2 Å². The van der Waals surface area contributed by atoms with Crippen LogP contribution < -0.4 is 11.1 Å². The first kappa shape index (κ1) is 14.6. The van der Waals surface area contributed by atoms with Crippen LogP contribution in [0.3, 0.4) is 0 Å². The lowest BCUT2D eigenvalue weighted by atomic mass is 10.1. The Morgan fingerprint density at radius 2 is 2.05 bits per heavy atom. The fourth-order valence-electron chi connectivity index (χ4n) is 1.73. The summed E-state index contributed by atoms with van der Waals surface area (Å²) in [7, 11) is 0. The molecular formula is C13H12ClFN4S. The topological polar surface area (TPSA) is 63.8 Å². The van der Waals surface area contributed by atoms with Gasteiger partial charge in [-0.1, -0.05) is 29.9 Å². The number of nitrogens with two attached hydrogens (primary N) is 1. The Morgan fingerprint density at radius 3 is 2.65 bits per heavy atom. The third kappa shape index (κ3) is 2.71. The molecule has 0 spiro atoms. The van der Waals surface area contributed by atoms with Crippen LogP contribution in [0.4, 0.5) is 15.9 Å². The zero-order valence-corrected chi connectivity index (χ0v) is 12.4. The van der Waals surface area contributed by atoms with E-state index in [2.05, 4.69) is 15.5 Å². The molecule has 7 heteroatoms. The Kier molecular flexibility index (Phi) is 4.15. The summed E-state index contributed by atoms with van der Waals surface area (Å²) in [5.41, 5.74) is 7.86. The number of benzene rings is 1. The normalized spacial score (nSPS) is 10.4. The molecule has 2 aromatic rings. The van der Waals surface area contributed by atoms with Gasteiger partial charge in [0.25, 0.3) is 0 Å². The second-order valence-corrected chi connectivity index (χ2v) is 5.07. The first-order valence-corrected chi connectivity index (χ1v) is 6.55. The minimum Gasteiger partial charge on any atom is -0.389 e. The Morgan fingerprint density at radius 1 is 1.35 bits per heavy atom. The average molecular weight is 311 g/mol. The van der Waals surface area contributed by atoms with Crippen molar-refractivity contribution in [3.8, 4) is 0 Å². The molecule has 1 aromatic heterocycles. The molecule has 0 aliphatic heterocycles. The number of aromatic nitrogens is 2. The van der Waals surface area contributed by atoms with Gasteiger partial charge in [0.2, 0.25) is 0 Å². The molecule has 0 saturated heterocycles. The molecule has 0 radical (unpaired) electrons. The predicted octanol–water partition coefficient (Wildman–Crippen LogP) is 3.26. The van der Waals surface area contributed by atoms with E-state index in [1.54, 1.807) is 13.0 Å². The number of hydrogen-bond acceptors (Lipinski definition) is 4. The predicted molar refractivity (Wildman–Crippen MR) is 82.1 cm³/mol. The van der Waals surface area contributed by atoms with Crippen molar-refractivity contribution < 1.29 is 4.39 Å². The summed E-state index contributed by atoms with van der Waals surface area (Å²) in [6.45, 7) is 3.62. The van der Waals surface area contributed by atoms with Crippen molar-refractivity contribution in [3.05, 3.63) is 45.9 Å². The smallest absolute Gasteiger partial charge is 0.163 e. The maximum atomic E-state index is 13.8. The Labute approximate surface area is 126 Å². The van der Waals surface area contributed by atoms with E-state index in [1.807, 2.05) is 6.92 Å². The van der Waals surface area contributed by atoms with Crippen LogP contribution >= 0.6 is 23.8 Å². The molecule has 2 rings (SSSR count). The van der Waals surface area contributed by atoms with Gasteiger partial charge in [0.15, 0.2) is 5.82 Å². The fraction of sp³-hybridized carbons (Fsp3) is 0.154. The van der Waals surface area contributed by atoms with E-state index < -0.39 is 5.82 Å². The first-order valence-electron chi connectivity index (χ1n) is 5.76. The molecule has 0 aliphatic rings. The highest BCUT2D eigenvalue weighted by atomic mass is 35.5. The van der Waals surface area contributed by atoms with Gasteiger partial charge in [-0.3, -0.25) is 0 Å². The minimum atomic E-state index is -0.494. The van der Waals surface area contributed by atoms with Crippen molar-refractivity contribution in [2.75, 3.05) is 5.32 Å². The Balaban J connectivity index is 2.55. The van der Waals surface area contributed by atoms with Gasteiger partial charge >= 0.3 is 0 Å². The maximum absolute atomic E-state index is 13.8. The highest BCUT2D eigenvalue weighted by Gasteiger charge is 2.16. The Hall–Kier alpha value is -1.79. The zero-order chi connectivity index (χ0) is 14.9. The molecule has 20 heavy (non-hydrogen) atoms. The van der Waals surface area contributed by atoms with E-state index in [4.69, 9.17) is 29.6 Å². The number of aryl methyl sites for hydroxylation is 1. The number of hydrogen-bond donors (Lipinski definition) is 2. The van der Waals surface area contributed by atoms with Crippen molar-refractivity contribution in [1.29, 1.82) is 0 Å². The van der Waals surface area contributed by atoms with Crippen molar-refractivity contribution in [3.63, 3.8) is 0 Å². The lowest BCUT2D eigenvalue weighted by Crippen LogP contribution is -2.17. The molecule has 104 valence electrons. The third-order valence-electron chi connectivity index (χ3n) is 2.91. The van der Waals surface area contributed by atoms with Crippen LogP contribution in [0.25, 0.3) is 0 Å². The van der Waals surface area contributed by atoms with Gasteiger partial charge < -0.3 is 11.1 Å². The maximum Gasteiger partial charge on any atom is 0.163 e. The number of halogens is 2. The van der Waals surface area contributed by atoms with Gasteiger partial charge in [0.05, 0.1) is 22.0 Å². The van der Waals surface area contributed by atoms with E-state index in [9.17, 15) is 4.39 Å². The van der Waals surface area contributed by atoms with Crippen LogP contribution in [0.1, 0.15) is 16.8 Å². The van der Waals surface area contributed by atoms with Gasteiger partial charge in [0.1, 0.15) is 10.8 Å². The molecule has 0 aliphatic carbocycles. The summed E-state index contributed by atoms with van der Waals surface area (Å²) in [6, 6.07) is 4.38. The molecule has 0 saturated carbocycles. The minimum absolute atomic E-state index is 0.115. The summed E-state index contributed by atoms with van der Waals surface area (Å²) in [6.07, 6.45) is 0. The highest BCUT2D eigenvalue weighted by molar-refractivity contribution is 7.80. The number of para-hydroxylation sites is 1. The SMILES string of the molecule is Cc1nnc(Nc2c(F)cccc2Cl)c(C(N)=S)c1C. The van der Waals surface area contributed by atoms with Crippen molar-refractivity contribution in [2.45, 2.75) is 13.8 Å². The van der Waals surface area contributed by atoms with E-state index in [0.717, 1.165) is 5.56 Å². The van der Waals surface area contributed by atoms with Crippen molar-refractivity contribution >= 4 is 40.3 Å². The first-order chi connectivity index (χ1) is 9.41. The van der Waals surface area contributed by atoms with E-state index in [1.165, 1.54) is 12.1 Å². The van der Waals surface area contributed by atoms with Gasteiger partial charge in [-0.25, -0.2) is 4.39 Å². The van der Waals surface area contributed by atoms with Crippen LogP contribution in [0, 0.1) is 19.7 Å². The fourth-order valence-corrected chi connectivity index (χ4v) is 2.19. The summed E-state index contributed by atoms with van der Waals surface area (Å²) < 4.78 is 13.8. The second kappa shape index (κ2) is 5.68. The quantitative estimate of drug-likeness (QED) is 0.852. The van der Waals surface area contributed by atoms with Crippen LogP contribution in [-0.2, 0) is 0 Å². The van der Waals surface area contributed by atoms with E-state index >= 15 is 0 Å². The summed E-state index contributed by atoms with van der Waals surface area (Å²) in [5.74, 6) is -0.209. The molecule has 0 fully saturated rings. The lowest BCUT2D eigenvalue weighted by Gasteiger charge is -2.14. The van der Waals surface area contributed by atoms with Crippen molar-refractivity contribution in [2.24, 2.45) is 5.73 Å². The van der Waals surface area contributed by atoms with Crippen LogP contribution in [0.2, 0.25) is 5.02 Å². The molecule has 0 amide bonds. The van der Waals surface area contributed by atoms with Gasteiger partial charge in [-0.05, 0) is 31.5 Å². The molecule has 1 heterocycles. The number of nitrogens with zero attached hydrogens (tertiary/aromatic N) is 2. The largest absolute Gasteiger partial charge is 0.389 e. The standard InChI is InChI=1S/C13H12ClFN4S/c1-6-7(2)18-19-13(10(6)12(16)20)17-11-8(14)4-3-5-9(11)15/h3-5H,1-2H3,(H2,16,20)(H,17,19). The Bertz CT molecular complexity index is 670. The summed E-state index contributed by atoms with van der Waals surface area (Å²) in [5, 5.41) is 11.0. The molecule has 3 N–H and O–H groups in total. The molecular weight excluding hydrogens is 299 g/mol. The van der Waals surface area contributed by atoms with E-state index in [-0.39, 0.29) is 21.5 Å². The van der Waals surface area contributed by atoms with Crippen LogP contribution in [-0.4, -0.2) is 15.2 Å². The van der Waals surface area contributed by atoms with Crippen molar-refractivity contribution in [1.82, 2.24) is 10.2 Å². The number of anilines is 2. The summed E-state index contributed by atoms with van der Waals surface area (Å²) in [4.78, 5) is 0.162. The van der Waals surface area contributed by atoms with Crippen LogP contribution in [0.5, 0.6) is 0 Å². The highest BCUT2D eigenvalue weighted by Crippen LogP contribution is 2.29. The lowest BCUT2D eigenvalue weighted by molar-refractivity contribution is 0.632. The average Bonchev–Trinajstić information content (AvgIpc) is 2.37. The van der Waals surface area contributed by atoms with E-state index in [0.29, 0.717) is 11.3 Å². The molecule has 4 nitrogen and oxygen atoms in total.